The van der Waals surface area contributed by atoms with Crippen molar-refractivity contribution >= 4 is 11.8 Å². The van der Waals surface area contributed by atoms with Crippen molar-refractivity contribution in [2.24, 2.45) is 0 Å². The Labute approximate surface area is 88.1 Å². The maximum Gasteiger partial charge on any atom is 0.414 e. The molecule has 0 saturated carbocycles. The Hall–Kier alpha value is -1.55. The molecule has 0 unspecified atom stereocenters. The number of anilines is 1. The van der Waals surface area contributed by atoms with E-state index in [9.17, 15) is 4.79 Å². The maximum absolute atomic E-state index is 11.4. The van der Waals surface area contributed by atoms with E-state index in [-0.39, 0.29) is 12.7 Å². The molecule has 15 heavy (non-hydrogen) atoms. The minimum absolute atomic E-state index is 0.0171. The molecule has 1 aliphatic heterocycles. The predicted octanol–water partition coefficient (Wildman–Crippen LogP) is 1.53. The van der Waals surface area contributed by atoms with E-state index in [1.165, 1.54) is 0 Å². The first kappa shape index (κ1) is 9.98. The molecular weight excluding hydrogens is 194 g/mol. The molecule has 4 nitrogen and oxygen atoms in total. The molecule has 0 aromatic heterocycles. The van der Waals surface area contributed by atoms with Crippen LogP contribution in [-0.2, 0) is 11.3 Å². The van der Waals surface area contributed by atoms with Gasteiger partial charge < -0.3 is 9.84 Å². The van der Waals surface area contributed by atoms with Crippen LogP contribution in [0.15, 0.2) is 24.3 Å². The number of hydrogen-bond acceptors (Lipinski definition) is 3. The zero-order valence-electron chi connectivity index (χ0n) is 8.35. The Bertz CT molecular complexity index is 365. The van der Waals surface area contributed by atoms with Crippen LogP contribution in [0.3, 0.4) is 0 Å². The highest BCUT2D eigenvalue weighted by Gasteiger charge is 2.20. The van der Waals surface area contributed by atoms with E-state index in [1.54, 1.807) is 11.0 Å². The predicted molar refractivity (Wildman–Crippen MR) is 55.7 cm³/mol. The van der Waals surface area contributed by atoms with Crippen LogP contribution in [0.4, 0.5) is 10.5 Å². The molecule has 0 aliphatic carbocycles. The van der Waals surface area contributed by atoms with E-state index in [2.05, 4.69) is 0 Å². The number of amides is 1. The fourth-order valence-corrected chi connectivity index (χ4v) is 1.61. The van der Waals surface area contributed by atoms with Gasteiger partial charge in [0.05, 0.1) is 13.2 Å². The molecule has 2 rings (SSSR count). The van der Waals surface area contributed by atoms with Gasteiger partial charge in [0, 0.05) is 12.2 Å². The summed E-state index contributed by atoms with van der Waals surface area (Å²) in [6, 6.07) is 7.28. The minimum atomic E-state index is -0.309. The molecule has 4 heteroatoms. The molecular formula is C11H13NO3. The monoisotopic (exact) mass is 207 g/mol. The summed E-state index contributed by atoms with van der Waals surface area (Å²) in [6.07, 6.45) is 0.533. The van der Waals surface area contributed by atoms with Gasteiger partial charge in [-0.15, -0.1) is 0 Å². The average molecular weight is 207 g/mol. The largest absolute Gasteiger partial charge is 0.449 e. The lowest BCUT2D eigenvalue weighted by atomic mass is 10.2. The fraction of sp³-hybridized carbons (Fsp3) is 0.364. The minimum Gasteiger partial charge on any atom is -0.449 e. The number of rotatable bonds is 2. The third-order valence-corrected chi connectivity index (χ3v) is 2.38. The molecule has 80 valence electrons. The van der Waals surface area contributed by atoms with Crippen molar-refractivity contribution in [2.75, 3.05) is 18.1 Å². The maximum atomic E-state index is 11.4. The van der Waals surface area contributed by atoms with Gasteiger partial charge in [0.1, 0.15) is 0 Å². The quantitative estimate of drug-likeness (QED) is 0.800. The van der Waals surface area contributed by atoms with E-state index >= 15 is 0 Å². The van der Waals surface area contributed by atoms with Crippen LogP contribution < -0.4 is 4.90 Å². The molecule has 0 spiro atoms. The van der Waals surface area contributed by atoms with E-state index in [1.807, 2.05) is 18.2 Å². The number of hydrogen-bond donors (Lipinski definition) is 1. The molecule has 0 radical (unpaired) electrons. The smallest absolute Gasteiger partial charge is 0.414 e. The number of aliphatic hydroxyl groups is 1. The van der Waals surface area contributed by atoms with Crippen LogP contribution in [-0.4, -0.2) is 24.4 Å². The molecule has 1 heterocycles. The SMILES string of the molecule is O=C1OCCCN1c1cccc(CO)c1. The summed E-state index contributed by atoms with van der Waals surface area (Å²) in [4.78, 5) is 13.0. The lowest BCUT2D eigenvalue weighted by molar-refractivity contribution is 0.140. The highest BCUT2D eigenvalue weighted by molar-refractivity contribution is 5.88. The van der Waals surface area contributed by atoms with Crippen LogP contribution in [0.25, 0.3) is 0 Å². The van der Waals surface area contributed by atoms with Crippen molar-refractivity contribution in [1.29, 1.82) is 0 Å². The van der Waals surface area contributed by atoms with Gasteiger partial charge in [0.25, 0.3) is 0 Å². The van der Waals surface area contributed by atoms with Gasteiger partial charge in [-0.1, -0.05) is 12.1 Å². The third-order valence-electron chi connectivity index (χ3n) is 2.38. The van der Waals surface area contributed by atoms with Crippen molar-refractivity contribution in [1.82, 2.24) is 0 Å². The van der Waals surface area contributed by atoms with Crippen LogP contribution in [0.5, 0.6) is 0 Å². The van der Waals surface area contributed by atoms with Crippen LogP contribution in [0.1, 0.15) is 12.0 Å². The molecule has 1 aromatic rings. The highest BCUT2D eigenvalue weighted by atomic mass is 16.6. The van der Waals surface area contributed by atoms with Gasteiger partial charge >= 0.3 is 6.09 Å². The summed E-state index contributed by atoms with van der Waals surface area (Å²) in [5.41, 5.74) is 1.58. The number of ether oxygens (including phenoxy) is 1. The van der Waals surface area contributed by atoms with E-state index in [0.717, 1.165) is 17.7 Å². The average Bonchev–Trinajstić information content (AvgIpc) is 2.30. The van der Waals surface area contributed by atoms with Gasteiger partial charge in [-0.3, -0.25) is 4.90 Å². The second-order valence-electron chi connectivity index (χ2n) is 3.45. The van der Waals surface area contributed by atoms with Crippen molar-refractivity contribution in [3.05, 3.63) is 29.8 Å². The Morgan fingerprint density at radius 1 is 1.47 bits per heavy atom. The number of benzene rings is 1. The van der Waals surface area contributed by atoms with Crippen molar-refractivity contribution in [2.45, 2.75) is 13.0 Å². The molecule has 1 amide bonds. The van der Waals surface area contributed by atoms with Crippen molar-refractivity contribution in [3.8, 4) is 0 Å². The van der Waals surface area contributed by atoms with E-state index in [4.69, 9.17) is 9.84 Å². The first-order chi connectivity index (χ1) is 7.31. The number of cyclic esters (lactones) is 1. The van der Waals surface area contributed by atoms with Crippen LogP contribution in [0, 0.1) is 0 Å². The Balaban J connectivity index is 2.23. The topological polar surface area (TPSA) is 49.8 Å². The number of carbonyl (C=O) groups is 1. The molecule has 0 atom stereocenters. The third kappa shape index (κ3) is 2.10. The van der Waals surface area contributed by atoms with Crippen LogP contribution in [0.2, 0.25) is 0 Å². The number of nitrogens with zero attached hydrogens (tertiary/aromatic N) is 1. The zero-order valence-corrected chi connectivity index (χ0v) is 8.35. The summed E-state index contributed by atoms with van der Waals surface area (Å²) in [5.74, 6) is 0. The van der Waals surface area contributed by atoms with Gasteiger partial charge in [-0.2, -0.15) is 0 Å². The molecule has 1 aliphatic rings. The summed E-state index contributed by atoms with van der Waals surface area (Å²) < 4.78 is 4.94. The lowest BCUT2D eigenvalue weighted by Crippen LogP contribution is -2.37. The van der Waals surface area contributed by atoms with Crippen LogP contribution >= 0.6 is 0 Å². The van der Waals surface area contributed by atoms with Gasteiger partial charge in [0.2, 0.25) is 0 Å². The lowest BCUT2D eigenvalue weighted by Gasteiger charge is -2.26. The number of carbonyl (C=O) groups excluding carboxylic acids is 1. The number of aliphatic hydroxyl groups excluding tert-OH is 1. The summed E-state index contributed by atoms with van der Waals surface area (Å²) >= 11 is 0. The van der Waals surface area contributed by atoms with E-state index in [0.29, 0.717) is 13.2 Å². The Morgan fingerprint density at radius 2 is 2.33 bits per heavy atom. The zero-order chi connectivity index (χ0) is 10.7. The standard InChI is InChI=1S/C11H13NO3/c13-8-9-3-1-4-10(7-9)12-5-2-6-15-11(12)14/h1,3-4,7,13H,2,5-6,8H2. The first-order valence-electron chi connectivity index (χ1n) is 4.95. The second-order valence-corrected chi connectivity index (χ2v) is 3.45. The molecule has 1 N–H and O–H groups in total. The van der Waals surface area contributed by atoms with Crippen molar-refractivity contribution in [3.63, 3.8) is 0 Å². The van der Waals surface area contributed by atoms with Gasteiger partial charge in [0.15, 0.2) is 0 Å². The molecule has 1 fully saturated rings. The van der Waals surface area contributed by atoms with E-state index < -0.39 is 0 Å². The fourth-order valence-electron chi connectivity index (χ4n) is 1.61. The first-order valence-corrected chi connectivity index (χ1v) is 4.95. The molecule has 0 bridgehead atoms. The molecule has 1 saturated heterocycles. The second kappa shape index (κ2) is 4.31. The highest BCUT2D eigenvalue weighted by Crippen LogP contribution is 2.19. The molecule has 1 aromatic carbocycles. The normalized spacial score (nSPS) is 16.3. The Morgan fingerprint density at radius 3 is 3.07 bits per heavy atom. The summed E-state index contributed by atoms with van der Waals surface area (Å²) in [7, 11) is 0. The van der Waals surface area contributed by atoms with Gasteiger partial charge in [-0.05, 0) is 24.1 Å². The Kier molecular flexibility index (Phi) is 2.87. The van der Waals surface area contributed by atoms with Gasteiger partial charge in [-0.25, -0.2) is 4.79 Å². The summed E-state index contributed by atoms with van der Waals surface area (Å²) in [5, 5.41) is 8.99. The van der Waals surface area contributed by atoms with Crippen molar-refractivity contribution < 1.29 is 14.6 Å². The summed E-state index contributed by atoms with van der Waals surface area (Å²) in [6.45, 7) is 1.15.